The van der Waals surface area contributed by atoms with Gasteiger partial charge in [-0.15, -0.1) is 0 Å². The Bertz CT molecular complexity index is 343. The first-order valence-electron chi connectivity index (χ1n) is 4.85. The minimum Gasteiger partial charge on any atom is -0.394 e. The number of nitrogens with one attached hydrogen (secondary N) is 1. The standard InChI is InChI=1S/C11H15Cl2NO/c1-3-14-11(2,7-15)8-4-5-9(12)10(13)6-8/h4-6,14-15H,3,7H2,1-2H3. The van der Waals surface area contributed by atoms with Crippen molar-refractivity contribution in [3.63, 3.8) is 0 Å². The molecule has 0 heterocycles. The molecule has 1 unspecified atom stereocenters. The molecule has 0 aliphatic rings. The summed E-state index contributed by atoms with van der Waals surface area (Å²) in [6.07, 6.45) is 0. The van der Waals surface area contributed by atoms with E-state index in [1.54, 1.807) is 12.1 Å². The molecule has 0 aliphatic carbocycles. The molecule has 0 bridgehead atoms. The average molecular weight is 248 g/mol. The van der Waals surface area contributed by atoms with Crippen molar-refractivity contribution in [1.82, 2.24) is 5.32 Å². The molecule has 1 rings (SSSR count). The Morgan fingerprint density at radius 1 is 1.33 bits per heavy atom. The van der Waals surface area contributed by atoms with Crippen LogP contribution in [0.15, 0.2) is 18.2 Å². The number of likely N-dealkylation sites (N-methyl/N-ethyl adjacent to an activating group) is 1. The van der Waals surface area contributed by atoms with Gasteiger partial charge in [0.1, 0.15) is 0 Å². The Morgan fingerprint density at radius 2 is 2.00 bits per heavy atom. The predicted octanol–water partition coefficient (Wildman–Crippen LogP) is 2.81. The maximum atomic E-state index is 9.39. The minimum absolute atomic E-state index is 0.0127. The molecular weight excluding hydrogens is 233 g/mol. The van der Waals surface area contributed by atoms with Crippen molar-refractivity contribution < 1.29 is 5.11 Å². The highest BCUT2D eigenvalue weighted by atomic mass is 35.5. The van der Waals surface area contributed by atoms with Crippen LogP contribution < -0.4 is 5.32 Å². The zero-order valence-electron chi connectivity index (χ0n) is 8.85. The normalized spacial score (nSPS) is 15.0. The lowest BCUT2D eigenvalue weighted by Crippen LogP contribution is -2.42. The van der Waals surface area contributed by atoms with Crippen LogP contribution in [0.4, 0.5) is 0 Å². The van der Waals surface area contributed by atoms with E-state index in [4.69, 9.17) is 23.2 Å². The smallest absolute Gasteiger partial charge is 0.0652 e. The molecule has 0 amide bonds. The fraction of sp³-hybridized carbons (Fsp3) is 0.455. The zero-order chi connectivity index (χ0) is 11.5. The SMILES string of the molecule is CCNC(C)(CO)c1ccc(Cl)c(Cl)c1. The molecule has 0 fully saturated rings. The first kappa shape index (κ1) is 12.8. The third-order valence-corrected chi connectivity index (χ3v) is 3.18. The molecule has 15 heavy (non-hydrogen) atoms. The summed E-state index contributed by atoms with van der Waals surface area (Å²) >= 11 is 11.8. The number of hydrogen-bond acceptors (Lipinski definition) is 2. The van der Waals surface area contributed by atoms with Gasteiger partial charge in [0.05, 0.1) is 22.2 Å². The summed E-state index contributed by atoms with van der Waals surface area (Å²) in [6, 6.07) is 5.39. The van der Waals surface area contributed by atoms with Crippen LogP contribution >= 0.6 is 23.2 Å². The third kappa shape index (κ3) is 2.85. The highest BCUT2D eigenvalue weighted by Crippen LogP contribution is 2.28. The van der Waals surface area contributed by atoms with Crippen molar-refractivity contribution >= 4 is 23.2 Å². The highest BCUT2D eigenvalue weighted by Gasteiger charge is 2.24. The van der Waals surface area contributed by atoms with E-state index in [2.05, 4.69) is 5.32 Å². The first-order valence-corrected chi connectivity index (χ1v) is 5.60. The number of hydrogen-bond donors (Lipinski definition) is 2. The van der Waals surface area contributed by atoms with Crippen LogP contribution in [-0.4, -0.2) is 18.3 Å². The van der Waals surface area contributed by atoms with Crippen molar-refractivity contribution in [2.45, 2.75) is 19.4 Å². The Labute approximate surface area is 100 Å². The van der Waals surface area contributed by atoms with Crippen LogP contribution in [-0.2, 0) is 5.54 Å². The third-order valence-electron chi connectivity index (χ3n) is 2.44. The molecule has 0 aliphatic heterocycles. The number of benzene rings is 1. The molecule has 1 atom stereocenters. The molecule has 0 saturated heterocycles. The lowest BCUT2D eigenvalue weighted by Gasteiger charge is -2.29. The quantitative estimate of drug-likeness (QED) is 0.858. The van der Waals surface area contributed by atoms with Gasteiger partial charge in [0.2, 0.25) is 0 Å². The first-order chi connectivity index (χ1) is 7.03. The fourth-order valence-corrected chi connectivity index (χ4v) is 1.78. The van der Waals surface area contributed by atoms with Gasteiger partial charge < -0.3 is 10.4 Å². The maximum absolute atomic E-state index is 9.39. The van der Waals surface area contributed by atoms with Gasteiger partial charge in [-0.05, 0) is 31.2 Å². The summed E-state index contributed by atoms with van der Waals surface area (Å²) in [4.78, 5) is 0. The molecule has 0 spiro atoms. The molecule has 1 aromatic rings. The summed E-state index contributed by atoms with van der Waals surface area (Å²) in [5, 5.41) is 13.6. The van der Waals surface area contributed by atoms with Crippen molar-refractivity contribution in [2.75, 3.05) is 13.2 Å². The van der Waals surface area contributed by atoms with Gasteiger partial charge >= 0.3 is 0 Å². The molecule has 2 nitrogen and oxygen atoms in total. The van der Waals surface area contributed by atoms with Crippen molar-refractivity contribution in [2.24, 2.45) is 0 Å². The Morgan fingerprint density at radius 3 is 2.47 bits per heavy atom. The molecule has 0 aromatic heterocycles. The second-order valence-corrected chi connectivity index (χ2v) is 4.46. The number of aliphatic hydroxyl groups is 1. The average Bonchev–Trinajstić information content (AvgIpc) is 2.22. The molecular formula is C11H15Cl2NO. The van der Waals surface area contributed by atoms with E-state index < -0.39 is 5.54 Å². The van der Waals surface area contributed by atoms with E-state index >= 15 is 0 Å². The summed E-state index contributed by atoms with van der Waals surface area (Å²) in [5.74, 6) is 0. The molecule has 2 N–H and O–H groups in total. The number of aliphatic hydroxyl groups excluding tert-OH is 1. The zero-order valence-corrected chi connectivity index (χ0v) is 10.4. The van der Waals surface area contributed by atoms with Gasteiger partial charge in [-0.25, -0.2) is 0 Å². The van der Waals surface area contributed by atoms with Crippen molar-refractivity contribution in [3.05, 3.63) is 33.8 Å². The minimum atomic E-state index is -0.469. The Kier molecular flexibility index (Phi) is 4.41. The number of halogens is 2. The van der Waals surface area contributed by atoms with Crippen LogP contribution in [0.3, 0.4) is 0 Å². The summed E-state index contributed by atoms with van der Waals surface area (Å²) in [6.45, 7) is 4.71. The van der Waals surface area contributed by atoms with E-state index in [1.165, 1.54) is 0 Å². The Balaban J connectivity index is 3.07. The van der Waals surface area contributed by atoms with Crippen LogP contribution in [0, 0.1) is 0 Å². The van der Waals surface area contributed by atoms with Crippen molar-refractivity contribution in [1.29, 1.82) is 0 Å². The fourth-order valence-electron chi connectivity index (χ4n) is 1.48. The van der Waals surface area contributed by atoms with E-state index in [9.17, 15) is 5.11 Å². The molecule has 0 saturated carbocycles. The second kappa shape index (κ2) is 5.17. The van der Waals surface area contributed by atoms with E-state index in [0.717, 1.165) is 12.1 Å². The highest BCUT2D eigenvalue weighted by molar-refractivity contribution is 6.42. The van der Waals surface area contributed by atoms with Gasteiger partial charge in [0.25, 0.3) is 0 Å². The number of rotatable bonds is 4. The molecule has 84 valence electrons. The van der Waals surface area contributed by atoms with Crippen LogP contribution in [0.2, 0.25) is 10.0 Å². The summed E-state index contributed by atoms with van der Waals surface area (Å²) in [7, 11) is 0. The lowest BCUT2D eigenvalue weighted by molar-refractivity contribution is 0.177. The van der Waals surface area contributed by atoms with Gasteiger partial charge in [-0.1, -0.05) is 36.2 Å². The molecule has 1 aromatic carbocycles. The Hall–Kier alpha value is -0.280. The van der Waals surface area contributed by atoms with Gasteiger partial charge in [-0.3, -0.25) is 0 Å². The van der Waals surface area contributed by atoms with Crippen molar-refractivity contribution in [3.8, 4) is 0 Å². The molecule has 0 radical (unpaired) electrons. The van der Waals surface area contributed by atoms with E-state index in [1.807, 2.05) is 19.9 Å². The van der Waals surface area contributed by atoms with Crippen LogP contribution in [0.25, 0.3) is 0 Å². The van der Waals surface area contributed by atoms with Gasteiger partial charge in [0, 0.05) is 0 Å². The van der Waals surface area contributed by atoms with Crippen LogP contribution in [0.5, 0.6) is 0 Å². The molecule has 4 heteroatoms. The maximum Gasteiger partial charge on any atom is 0.0652 e. The predicted molar refractivity (Wildman–Crippen MR) is 64.6 cm³/mol. The van der Waals surface area contributed by atoms with Gasteiger partial charge in [-0.2, -0.15) is 0 Å². The lowest BCUT2D eigenvalue weighted by atomic mass is 9.93. The largest absolute Gasteiger partial charge is 0.394 e. The summed E-state index contributed by atoms with van der Waals surface area (Å²) < 4.78 is 0. The van der Waals surface area contributed by atoms with Crippen LogP contribution in [0.1, 0.15) is 19.4 Å². The monoisotopic (exact) mass is 247 g/mol. The second-order valence-electron chi connectivity index (χ2n) is 3.65. The van der Waals surface area contributed by atoms with Gasteiger partial charge in [0.15, 0.2) is 0 Å². The summed E-state index contributed by atoms with van der Waals surface area (Å²) in [5.41, 5.74) is 0.462. The van der Waals surface area contributed by atoms with E-state index in [-0.39, 0.29) is 6.61 Å². The topological polar surface area (TPSA) is 32.3 Å². The van der Waals surface area contributed by atoms with E-state index in [0.29, 0.717) is 10.0 Å².